The van der Waals surface area contributed by atoms with Crippen LogP contribution in [0.2, 0.25) is 0 Å². The molecule has 4 aromatic rings. The molecule has 0 aliphatic heterocycles. The molecule has 0 unspecified atom stereocenters. The van der Waals surface area contributed by atoms with E-state index in [1.54, 1.807) is 54.6 Å². The first kappa shape index (κ1) is 26.8. The lowest BCUT2D eigenvalue weighted by molar-refractivity contribution is -0.131. The van der Waals surface area contributed by atoms with E-state index in [0.717, 1.165) is 6.08 Å². The average molecular weight is 523 g/mol. The Morgan fingerprint density at radius 2 is 1.62 bits per heavy atom. The number of anilines is 1. The second-order valence-electron chi connectivity index (χ2n) is 8.65. The van der Waals surface area contributed by atoms with Gasteiger partial charge < -0.3 is 19.7 Å². The van der Waals surface area contributed by atoms with Crippen molar-refractivity contribution in [3.05, 3.63) is 114 Å². The number of amides is 1. The van der Waals surface area contributed by atoms with Crippen molar-refractivity contribution in [3.8, 4) is 17.6 Å². The topological polar surface area (TPSA) is 129 Å². The highest BCUT2D eigenvalue weighted by molar-refractivity contribution is 5.91. The molecule has 2 atom stereocenters. The lowest BCUT2D eigenvalue weighted by atomic mass is 9.94. The van der Waals surface area contributed by atoms with Crippen molar-refractivity contribution in [2.75, 3.05) is 5.32 Å². The summed E-state index contributed by atoms with van der Waals surface area (Å²) in [5, 5.41) is 32.4. The number of phenols is 1. The molecule has 196 valence electrons. The Hall–Kier alpha value is -5.29. The van der Waals surface area contributed by atoms with Crippen molar-refractivity contribution in [1.82, 2.24) is 0 Å². The number of aliphatic carboxylic acids is 1. The number of carbonyl (C=O) groups is 2. The number of hydrogen-bond acceptors (Lipinski definition) is 6. The Bertz CT molecular complexity index is 1510. The molecule has 0 aliphatic rings. The van der Waals surface area contributed by atoms with Crippen molar-refractivity contribution in [3.63, 3.8) is 0 Å². The van der Waals surface area contributed by atoms with Gasteiger partial charge in [0, 0.05) is 22.7 Å². The first-order valence-electron chi connectivity index (χ1n) is 12.2. The number of carboxylic acids is 1. The number of hydrogen-bond donors (Lipinski definition) is 3. The highest BCUT2D eigenvalue weighted by atomic mass is 16.6. The van der Waals surface area contributed by atoms with Gasteiger partial charge in [-0.1, -0.05) is 54.6 Å². The summed E-state index contributed by atoms with van der Waals surface area (Å²) < 4.78 is 12.3. The molecule has 0 aromatic heterocycles. The minimum absolute atomic E-state index is 0.0834. The fourth-order valence-corrected chi connectivity index (χ4v) is 4.18. The van der Waals surface area contributed by atoms with Gasteiger partial charge in [0.05, 0.1) is 11.6 Å². The predicted octanol–water partition coefficient (Wildman–Crippen LogP) is 6.58. The van der Waals surface area contributed by atoms with Gasteiger partial charge in [-0.25, -0.2) is 9.59 Å². The number of ether oxygens (including phenoxy) is 2. The van der Waals surface area contributed by atoms with Gasteiger partial charge in [-0.3, -0.25) is 5.32 Å². The molecule has 0 saturated carbocycles. The SMILES string of the molecule is N#Cc1ccc(NC(=O)O[C@@H](c2ccc(O)c3ccccc23)[C@H](CC/C=C/C(=O)O)Oc2ccccc2)cc1. The maximum Gasteiger partial charge on any atom is 0.412 e. The average Bonchev–Trinajstić information content (AvgIpc) is 2.95. The van der Waals surface area contributed by atoms with Gasteiger partial charge >= 0.3 is 12.1 Å². The van der Waals surface area contributed by atoms with Crippen LogP contribution in [0.4, 0.5) is 10.5 Å². The third kappa shape index (κ3) is 7.14. The van der Waals surface area contributed by atoms with Crippen LogP contribution in [-0.2, 0) is 9.53 Å². The highest BCUT2D eigenvalue weighted by Gasteiger charge is 2.30. The fraction of sp³-hybridized carbons (Fsp3) is 0.129. The van der Waals surface area contributed by atoms with Crippen molar-refractivity contribution >= 4 is 28.5 Å². The molecule has 0 heterocycles. The van der Waals surface area contributed by atoms with Gasteiger partial charge in [-0.2, -0.15) is 5.26 Å². The number of nitrogens with one attached hydrogen (secondary N) is 1. The van der Waals surface area contributed by atoms with E-state index in [2.05, 4.69) is 5.32 Å². The lowest BCUT2D eigenvalue weighted by Gasteiger charge is -2.29. The summed E-state index contributed by atoms with van der Waals surface area (Å²) in [5.74, 6) is -0.427. The van der Waals surface area contributed by atoms with E-state index in [9.17, 15) is 14.7 Å². The van der Waals surface area contributed by atoms with Gasteiger partial charge in [0.15, 0.2) is 6.10 Å². The van der Waals surface area contributed by atoms with E-state index in [4.69, 9.17) is 19.8 Å². The van der Waals surface area contributed by atoms with E-state index in [0.29, 0.717) is 46.2 Å². The number of rotatable bonds is 10. The molecule has 0 radical (unpaired) electrons. The van der Waals surface area contributed by atoms with Crippen LogP contribution in [0.5, 0.6) is 11.5 Å². The van der Waals surface area contributed by atoms with Crippen molar-refractivity contribution in [2.24, 2.45) is 0 Å². The van der Waals surface area contributed by atoms with Crippen molar-refractivity contribution in [2.45, 2.75) is 25.0 Å². The summed E-state index contributed by atoms with van der Waals surface area (Å²) in [7, 11) is 0. The van der Waals surface area contributed by atoms with Gasteiger partial charge in [-0.15, -0.1) is 0 Å². The second kappa shape index (κ2) is 12.8. The molecule has 39 heavy (non-hydrogen) atoms. The van der Waals surface area contributed by atoms with Crippen LogP contribution in [-0.4, -0.2) is 28.4 Å². The number of carboxylic acid groups (broad SMARTS) is 1. The first-order chi connectivity index (χ1) is 18.9. The summed E-state index contributed by atoms with van der Waals surface area (Å²) >= 11 is 0. The minimum Gasteiger partial charge on any atom is -0.507 e. The maximum atomic E-state index is 13.1. The van der Waals surface area contributed by atoms with Crippen LogP contribution in [0.1, 0.15) is 30.1 Å². The van der Waals surface area contributed by atoms with E-state index in [1.165, 1.54) is 12.1 Å². The summed E-state index contributed by atoms with van der Waals surface area (Å²) in [6, 6.07) is 27.9. The summed E-state index contributed by atoms with van der Waals surface area (Å²) in [4.78, 5) is 24.1. The Morgan fingerprint density at radius 3 is 2.31 bits per heavy atom. The van der Waals surface area contributed by atoms with Crippen LogP contribution in [0.15, 0.2) is 103 Å². The summed E-state index contributed by atoms with van der Waals surface area (Å²) in [6.07, 6.45) is 0.845. The van der Waals surface area contributed by atoms with E-state index in [-0.39, 0.29) is 5.75 Å². The number of nitriles is 1. The van der Waals surface area contributed by atoms with E-state index in [1.807, 2.05) is 36.4 Å². The van der Waals surface area contributed by atoms with Crippen molar-refractivity contribution in [1.29, 1.82) is 5.26 Å². The Balaban J connectivity index is 1.72. The molecule has 0 aliphatic carbocycles. The normalized spacial score (nSPS) is 12.4. The third-order valence-electron chi connectivity index (χ3n) is 5.98. The van der Waals surface area contributed by atoms with Crippen LogP contribution in [0.3, 0.4) is 0 Å². The standard InChI is InChI=1S/C31H26N2O6/c32-20-21-14-16-22(17-15-21)33-31(37)39-30(26-18-19-27(34)25-11-5-4-10-24(25)26)28(12-6-7-13-29(35)36)38-23-8-2-1-3-9-23/h1-5,7-11,13-19,28,30,34H,6,12H2,(H,33,37)(H,35,36)/b13-7+/t28-,30-/m0/s1. The summed E-state index contributed by atoms with van der Waals surface area (Å²) in [6.45, 7) is 0. The molecule has 4 rings (SSSR count). The molecule has 0 spiro atoms. The van der Waals surface area contributed by atoms with Gasteiger partial charge in [0.25, 0.3) is 0 Å². The van der Waals surface area contributed by atoms with Crippen LogP contribution < -0.4 is 10.1 Å². The molecule has 4 aromatic carbocycles. The number of fused-ring (bicyclic) bond motifs is 1. The zero-order chi connectivity index (χ0) is 27.6. The molecule has 1 amide bonds. The minimum atomic E-state index is -1.06. The van der Waals surface area contributed by atoms with Crippen LogP contribution in [0, 0.1) is 11.3 Å². The van der Waals surface area contributed by atoms with Gasteiger partial charge in [0.2, 0.25) is 0 Å². The smallest absolute Gasteiger partial charge is 0.412 e. The second-order valence-corrected chi connectivity index (χ2v) is 8.65. The number of phenolic OH excluding ortho intramolecular Hbond substituents is 1. The van der Waals surface area contributed by atoms with E-state index < -0.39 is 24.3 Å². The largest absolute Gasteiger partial charge is 0.507 e. The number of benzene rings is 4. The van der Waals surface area contributed by atoms with Gasteiger partial charge in [0.1, 0.15) is 17.6 Å². The number of nitrogens with zero attached hydrogens (tertiary/aromatic N) is 1. The molecular formula is C31H26N2O6. The molecule has 8 nitrogen and oxygen atoms in total. The van der Waals surface area contributed by atoms with E-state index >= 15 is 0 Å². The number of aromatic hydroxyl groups is 1. The Labute approximate surface area is 225 Å². The first-order valence-corrected chi connectivity index (χ1v) is 12.2. The molecule has 0 saturated heterocycles. The molecular weight excluding hydrogens is 496 g/mol. The fourth-order valence-electron chi connectivity index (χ4n) is 4.18. The van der Waals surface area contributed by atoms with Crippen LogP contribution in [0.25, 0.3) is 10.8 Å². The molecule has 3 N–H and O–H groups in total. The molecule has 8 heteroatoms. The number of para-hydroxylation sites is 1. The quantitative estimate of drug-likeness (QED) is 0.201. The van der Waals surface area contributed by atoms with Crippen LogP contribution >= 0.6 is 0 Å². The monoisotopic (exact) mass is 522 g/mol. The maximum absolute atomic E-state index is 13.1. The molecule has 0 bridgehead atoms. The molecule has 0 fully saturated rings. The summed E-state index contributed by atoms with van der Waals surface area (Å²) in [5.41, 5.74) is 1.51. The zero-order valence-corrected chi connectivity index (χ0v) is 20.9. The lowest BCUT2D eigenvalue weighted by Crippen LogP contribution is -2.31. The van der Waals surface area contributed by atoms with Crippen molar-refractivity contribution < 1.29 is 29.3 Å². The Morgan fingerprint density at radius 1 is 0.923 bits per heavy atom. The zero-order valence-electron chi connectivity index (χ0n) is 20.9. The number of allylic oxidation sites excluding steroid dienone is 1. The predicted molar refractivity (Wildman–Crippen MR) is 146 cm³/mol. The third-order valence-corrected chi connectivity index (χ3v) is 5.98. The number of carbonyl (C=O) groups excluding carboxylic acids is 1. The Kier molecular flexibility index (Phi) is 8.78. The highest BCUT2D eigenvalue weighted by Crippen LogP contribution is 2.36. The van der Waals surface area contributed by atoms with Gasteiger partial charge in [-0.05, 0) is 60.7 Å².